The second kappa shape index (κ2) is 10.4. The Hall–Kier alpha value is -1.30. The van der Waals surface area contributed by atoms with Gasteiger partial charge in [0.2, 0.25) is 0 Å². The van der Waals surface area contributed by atoms with E-state index in [0.29, 0.717) is 36.1 Å². The summed E-state index contributed by atoms with van der Waals surface area (Å²) < 4.78 is 10.5. The van der Waals surface area contributed by atoms with Crippen molar-refractivity contribution < 1.29 is 14.3 Å². The van der Waals surface area contributed by atoms with Crippen LogP contribution < -0.4 is 15.8 Å². The first-order valence-corrected chi connectivity index (χ1v) is 7.92. The summed E-state index contributed by atoms with van der Waals surface area (Å²) in [6, 6.07) is 4.94. The number of nitrogens with two attached hydrogens (primary N) is 1. The fourth-order valence-corrected chi connectivity index (χ4v) is 2.18. The molecular weight excluding hydrogens is 304 g/mol. The molecule has 124 valence electrons. The minimum absolute atomic E-state index is 0.0433. The third-order valence-electron chi connectivity index (χ3n) is 3.26. The molecule has 1 amide bonds. The van der Waals surface area contributed by atoms with Gasteiger partial charge in [0.05, 0.1) is 12.2 Å². The highest BCUT2D eigenvalue weighted by atomic mass is 35.5. The Balaban J connectivity index is 2.78. The van der Waals surface area contributed by atoms with Gasteiger partial charge in [0, 0.05) is 24.7 Å². The van der Waals surface area contributed by atoms with Crippen molar-refractivity contribution in [1.29, 1.82) is 0 Å². The van der Waals surface area contributed by atoms with Crippen molar-refractivity contribution in [3.05, 3.63) is 28.8 Å². The van der Waals surface area contributed by atoms with Gasteiger partial charge in [-0.1, -0.05) is 31.4 Å². The molecule has 6 heteroatoms. The lowest BCUT2D eigenvalue weighted by atomic mass is 10.1. The minimum Gasteiger partial charge on any atom is -0.490 e. The van der Waals surface area contributed by atoms with Crippen molar-refractivity contribution in [2.45, 2.75) is 32.2 Å². The molecule has 0 saturated carbocycles. The molecule has 1 aromatic rings. The molecule has 0 radical (unpaired) electrons. The highest BCUT2D eigenvalue weighted by Crippen LogP contribution is 2.23. The van der Waals surface area contributed by atoms with Crippen molar-refractivity contribution in [3.63, 3.8) is 0 Å². The Kier molecular flexibility index (Phi) is 8.89. The van der Waals surface area contributed by atoms with E-state index >= 15 is 0 Å². The van der Waals surface area contributed by atoms with Crippen LogP contribution in [-0.2, 0) is 4.74 Å². The Morgan fingerprint density at radius 3 is 2.82 bits per heavy atom. The molecule has 0 heterocycles. The normalized spacial score (nSPS) is 12.0. The monoisotopic (exact) mass is 328 g/mol. The van der Waals surface area contributed by atoms with Gasteiger partial charge in [-0.2, -0.15) is 0 Å². The molecular formula is C16H25ClN2O3. The highest BCUT2D eigenvalue weighted by molar-refractivity contribution is 6.31. The largest absolute Gasteiger partial charge is 0.490 e. The van der Waals surface area contributed by atoms with Gasteiger partial charge in [-0.05, 0) is 24.6 Å². The van der Waals surface area contributed by atoms with Crippen molar-refractivity contribution >= 4 is 17.5 Å². The second-order valence-corrected chi connectivity index (χ2v) is 5.47. The zero-order valence-electron chi connectivity index (χ0n) is 13.2. The van der Waals surface area contributed by atoms with Gasteiger partial charge in [0.25, 0.3) is 5.91 Å². The molecule has 0 spiro atoms. The van der Waals surface area contributed by atoms with Crippen LogP contribution in [0.3, 0.4) is 0 Å². The van der Waals surface area contributed by atoms with E-state index in [1.807, 2.05) is 0 Å². The van der Waals surface area contributed by atoms with E-state index in [0.717, 1.165) is 19.3 Å². The number of halogens is 1. The number of ether oxygens (including phenoxy) is 2. The number of nitrogens with one attached hydrogen (secondary N) is 1. The average molecular weight is 329 g/mol. The van der Waals surface area contributed by atoms with E-state index in [1.54, 1.807) is 25.3 Å². The van der Waals surface area contributed by atoms with E-state index in [2.05, 4.69) is 12.2 Å². The van der Waals surface area contributed by atoms with Crippen LogP contribution in [0.5, 0.6) is 5.75 Å². The fourth-order valence-electron chi connectivity index (χ4n) is 2.00. The number of hydrogen-bond acceptors (Lipinski definition) is 4. The predicted octanol–water partition coefficient (Wildman–Crippen LogP) is 2.61. The summed E-state index contributed by atoms with van der Waals surface area (Å²) in [4.78, 5) is 12.4. The lowest BCUT2D eigenvalue weighted by Gasteiger charge is -2.18. The molecule has 3 N–H and O–H groups in total. The number of rotatable bonds is 10. The van der Waals surface area contributed by atoms with Crippen molar-refractivity contribution in [1.82, 2.24) is 5.32 Å². The topological polar surface area (TPSA) is 73.6 Å². The molecule has 0 aromatic heterocycles. The number of hydrogen-bond donors (Lipinski definition) is 2. The maximum Gasteiger partial charge on any atom is 0.255 e. The number of amides is 1. The van der Waals surface area contributed by atoms with Crippen LogP contribution in [0, 0.1) is 0 Å². The maximum atomic E-state index is 12.4. The summed E-state index contributed by atoms with van der Waals surface area (Å²) in [5.74, 6) is 0.270. The van der Waals surface area contributed by atoms with Crippen LogP contribution in [-0.4, -0.2) is 38.8 Å². The Morgan fingerprint density at radius 2 is 2.18 bits per heavy atom. The zero-order chi connectivity index (χ0) is 16.4. The van der Waals surface area contributed by atoms with Gasteiger partial charge in [0.15, 0.2) is 0 Å². The van der Waals surface area contributed by atoms with Gasteiger partial charge < -0.3 is 20.5 Å². The van der Waals surface area contributed by atoms with Gasteiger partial charge >= 0.3 is 0 Å². The third kappa shape index (κ3) is 6.22. The van der Waals surface area contributed by atoms with Crippen molar-refractivity contribution in [2.24, 2.45) is 5.73 Å². The number of methoxy groups -OCH3 is 1. The lowest BCUT2D eigenvalue weighted by molar-refractivity contribution is 0.0928. The first-order chi connectivity index (χ1) is 10.6. The molecule has 5 nitrogen and oxygen atoms in total. The number of carbonyl (C=O) groups excluding carboxylic acids is 1. The minimum atomic E-state index is -0.221. The molecule has 1 unspecified atom stereocenters. The summed E-state index contributed by atoms with van der Waals surface area (Å²) in [6.45, 7) is 3.33. The summed E-state index contributed by atoms with van der Waals surface area (Å²) in [7, 11) is 1.60. The second-order valence-electron chi connectivity index (χ2n) is 5.03. The number of unbranched alkanes of at least 4 members (excludes halogenated alkanes) is 1. The van der Waals surface area contributed by atoms with Crippen molar-refractivity contribution in [3.8, 4) is 5.75 Å². The first-order valence-electron chi connectivity index (χ1n) is 7.54. The smallest absolute Gasteiger partial charge is 0.255 e. The van der Waals surface area contributed by atoms with Gasteiger partial charge in [-0.3, -0.25) is 4.79 Å². The maximum absolute atomic E-state index is 12.4. The van der Waals surface area contributed by atoms with E-state index in [4.69, 9.17) is 26.8 Å². The SMILES string of the molecule is CCCCC(CN)NC(=O)c1cc(Cl)ccc1OCCOC. The summed E-state index contributed by atoms with van der Waals surface area (Å²) >= 11 is 5.99. The molecule has 0 fully saturated rings. The predicted molar refractivity (Wildman–Crippen MR) is 88.7 cm³/mol. The van der Waals surface area contributed by atoms with E-state index < -0.39 is 0 Å². The lowest BCUT2D eigenvalue weighted by Crippen LogP contribution is -2.40. The van der Waals surface area contributed by atoms with Crippen LogP contribution in [0.1, 0.15) is 36.5 Å². The molecule has 1 atom stereocenters. The van der Waals surface area contributed by atoms with Gasteiger partial charge in [-0.25, -0.2) is 0 Å². The molecule has 0 aliphatic heterocycles. The molecule has 0 aliphatic carbocycles. The molecule has 22 heavy (non-hydrogen) atoms. The summed E-state index contributed by atoms with van der Waals surface area (Å²) in [5.41, 5.74) is 6.13. The van der Waals surface area contributed by atoms with Gasteiger partial charge in [0.1, 0.15) is 12.4 Å². The number of carbonyl (C=O) groups is 1. The Labute approximate surface area is 137 Å². The van der Waals surface area contributed by atoms with Crippen LogP contribution >= 0.6 is 11.6 Å². The zero-order valence-corrected chi connectivity index (χ0v) is 14.0. The molecule has 1 rings (SSSR count). The van der Waals surface area contributed by atoms with Crippen LogP contribution in [0.15, 0.2) is 18.2 Å². The average Bonchev–Trinajstić information content (AvgIpc) is 2.52. The Bertz CT molecular complexity index is 469. The molecule has 0 saturated heterocycles. The first kappa shape index (κ1) is 18.7. The highest BCUT2D eigenvalue weighted by Gasteiger charge is 2.17. The molecule has 0 aliphatic rings. The van der Waals surface area contributed by atoms with Gasteiger partial charge in [-0.15, -0.1) is 0 Å². The fraction of sp³-hybridized carbons (Fsp3) is 0.562. The van der Waals surface area contributed by atoms with Crippen LogP contribution in [0.2, 0.25) is 5.02 Å². The van der Waals surface area contributed by atoms with Crippen LogP contribution in [0.25, 0.3) is 0 Å². The summed E-state index contributed by atoms with van der Waals surface area (Å²) in [5, 5.41) is 3.43. The summed E-state index contributed by atoms with van der Waals surface area (Å²) in [6.07, 6.45) is 2.95. The van der Waals surface area contributed by atoms with E-state index in [1.165, 1.54) is 0 Å². The Morgan fingerprint density at radius 1 is 1.41 bits per heavy atom. The van der Waals surface area contributed by atoms with Crippen molar-refractivity contribution in [2.75, 3.05) is 26.9 Å². The van der Waals surface area contributed by atoms with E-state index in [9.17, 15) is 4.79 Å². The number of benzene rings is 1. The third-order valence-corrected chi connectivity index (χ3v) is 3.49. The molecule has 1 aromatic carbocycles. The quantitative estimate of drug-likeness (QED) is 0.647. The molecule has 0 bridgehead atoms. The standard InChI is InChI=1S/C16H25ClN2O3/c1-3-4-5-13(11-18)19-16(20)14-10-12(17)6-7-15(14)22-9-8-21-2/h6-7,10,13H,3-5,8-9,11,18H2,1-2H3,(H,19,20). The van der Waals surface area contributed by atoms with Crippen LogP contribution in [0.4, 0.5) is 0 Å². The van der Waals surface area contributed by atoms with E-state index in [-0.39, 0.29) is 11.9 Å².